The van der Waals surface area contributed by atoms with Crippen LogP contribution in [-0.4, -0.2) is 25.9 Å². The third-order valence-corrected chi connectivity index (χ3v) is 6.46. The molecule has 8 heteroatoms. The van der Waals surface area contributed by atoms with E-state index in [-0.39, 0.29) is 17.4 Å². The number of hydrogen-bond acceptors (Lipinski definition) is 5. The highest BCUT2D eigenvalue weighted by Gasteiger charge is 2.23. The Kier molecular flexibility index (Phi) is 5.71. The van der Waals surface area contributed by atoms with Crippen LogP contribution in [0.15, 0.2) is 47.4 Å². The van der Waals surface area contributed by atoms with Gasteiger partial charge < -0.3 is 10.6 Å². The van der Waals surface area contributed by atoms with E-state index < -0.39 is 5.41 Å². The second-order valence-corrected chi connectivity index (χ2v) is 10.4. The molecule has 182 valence electrons. The number of halogens is 1. The summed E-state index contributed by atoms with van der Waals surface area (Å²) in [5.74, 6) is 0.134. The largest absolute Gasteiger partial charge is 0.324 e. The maximum absolute atomic E-state index is 14.7. The lowest BCUT2D eigenvalue weighted by atomic mass is 9.86. The maximum atomic E-state index is 14.7. The molecule has 0 saturated carbocycles. The number of rotatable bonds is 4. The van der Waals surface area contributed by atoms with Crippen molar-refractivity contribution in [3.63, 3.8) is 0 Å². The molecule has 1 aliphatic rings. The second-order valence-electron chi connectivity index (χ2n) is 10.4. The average Bonchev–Trinajstić information content (AvgIpc) is 3.10. The molecule has 1 aliphatic heterocycles. The first-order chi connectivity index (χ1) is 16.6. The van der Waals surface area contributed by atoms with Gasteiger partial charge >= 0.3 is 0 Å². The van der Waals surface area contributed by atoms with Gasteiger partial charge in [-0.2, -0.15) is 4.98 Å². The summed E-state index contributed by atoms with van der Waals surface area (Å²) in [5.41, 5.74) is 4.68. The SMILES string of the molecule is CC(C)n1c(=O)c2cnc(Nc3ccc4c(c3)CCNC4)nc2n1-c1ccc(F)c(C(C)(C)C)c1. The molecule has 0 atom stereocenters. The smallest absolute Gasteiger partial charge is 0.278 e. The molecule has 2 aromatic carbocycles. The van der Waals surface area contributed by atoms with E-state index in [4.69, 9.17) is 4.98 Å². The summed E-state index contributed by atoms with van der Waals surface area (Å²) in [5, 5.41) is 7.10. The van der Waals surface area contributed by atoms with E-state index >= 15 is 0 Å². The highest BCUT2D eigenvalue weighted by Crippen LogP contribution is 2.29. The molecule has 0 radical (unpaired) electrons. The van der Waals surface area contributed by atoms with Crippen LogP contribution in [0, 0.1) is 5.82 Å². The van der Waals surface area contributed by atoms with Crippen LogP contribution in [0.4, 0.5) is 16.0 Å². The Hall–Kier alpha value is -3.52. The molecule has 35 heavy (non-hydrogen) atoms. The fraction of sp³-hybridized carbons (Fsp3) is 0.370. The zero-order valence-corrected chi connectivity index (χ0v) is 20.8. The van der Waals surface area contributed by atoms with Crippen molar-refractivity contribution in [2.45, 2.75) is 59.0 Å². The molecule has 2 aromatic heterocycles. The van der Waals surface area contributed by atoms with E-state index in [1.54, 1.807) is 27.7 Å². The van der Waals surface area contributed by atoms with Crippen LogP contribution in [-0.2, 0) is 18.4 Å². The fourth-order valence-corrected chi connectivity index (χ4v) is 4.68. The van der Waals surface area contributed by atoms with Gasteiger partial charge in [-0.05, 0) is 79.3 Å². The molecule has 5 rings (SSSR count). The van der Waals surface area contributed by atoms with Gasteiger partial charge in [0.2, 0.25) is 5.95 Å². The molecular formula is C27H31FN6O. The molecule has 0 amide bonds. The maximum Gasteiger partial charge on any atom is 0.278 e. The van der Waals surface area contributed by atoms with Crippen molar-refractivity contribution in [2.24, 2.45) is 0 Å². The van der Waals surface area contributed by atoms with Gasteiger partial charge in [0.1, 0.15) is 11.2 Å². The van der Waals surface area contributed by atoms with E-state index in [9.17, 15) is 9.18 Å². The minimum absolute atomic E-state index is 0.134. The number of aromatic nitrogens is 4. The molecule has 7 nitrogen and oxygen atoms in total. The van der Waals surface area contributed by atoms with Crippen LogP contribution in [0.3, 0.4) is 0 Å². The van der Waals surface area contributed by atoms with Crippen molar-refractivity contribution in [1.82, 2.24) is 24.6 Å². The lowest BCUT2D eigenvalue weighted by Gasteiger charge is -2.22. The van der Waals surface area contributed by atoms with Gasteiger partial charge in [0.05, 0.1) is 5.69 Å². The molecule has 0 unspecified atom stereocenters. The average molecular weight is 475 g/mol. The van der Waals surface area contributed by atoms with Crippen molar-refractivity contribution < 1.29 is 4.39 Å². The monoisotopic (exact) mass is 474 g/mol. The van der Waals surface area contributed by atoms with Crippen LogP contribution in [0.25, 0.3) is 16.7 Å². The molecule has 0 aliphatic carbocycles. The van der Waals surface area contributed by atoms with Crippen LogP contribution in [0.2, 0.25) is 0 Å². The number of nitrogens with one attached hydrogen (secondary N) is 2. The molecule has 4 aromatic rings. The van der Waals surface area contributed by atoms with Gasteiger partial charge in [0.25, 0.3) is 5.56 Å². The topological polar surface area (TPSA) is 76.8 Å². The summed E-state index contributed by atoms with van der Waals surface area (Å²) in [4.78, 5) is 22.5. The first kappa shape index (κ1) is 23.2. The summed E-state index contributed by atoms with van der Waals surface area (Å²) in [6, 6.07) is 11.1. The quantitative estimate of drug-likeness (QED) is 0.436. The third kappa shape index (κ3) is 4.23. The summed E-state index contributed by atoms with van der Waals surface area (Å²) in [6.45, 7) is 11.6. The van der Waals surface area contributed by atoms with Crippen molar-refractivity contribution in [1.29, 1.82) is 0 Å². The van der Waals surface area contributed by atoms with Crippen molar-refractivity contribution in [3.05, 3.63) is 75.5 Å². The van der Waals surface area contributed by atoms with Crippen molar-refractivity contribution in [3.8, 4) is 5.69 Å². The highest BCUT2D eigenvalue weighted by molar-refractivity contribution is 5.77. The Balaban J connectivity index is 1.64. The summed E-state index contributed by atoms with van der Waals surface area (Å²) >= 11 is 0. The predicted octanol–water partition coefficient (Wildman–Crippen LogP) is 4.99. The summed E-state index contributed by atoms with van der Waals surface area (Å²) in [7, 11) is 0. The molecule has 3 heterocycles. The Morgan fingerprint density at radius 3 is 2.66 bits per heavy atom. The Morgan fingerprint density at radius 2 is 1.91 bits per heavy atom. The lowest BCUT2D eigenvalue weighted by molar-refractivity contribution is 0.473. The zero-order valence-electron chi connectivity index (χ0n) is 20.8. The van der Waals surface area contributed by atoms with Crippen LogP contribution < -0.4 is 16.2 Å². The minimum Gasteiger partial charge on any atom is -0.324 e. The van der Waals surface area contributed by atoms with Crippen LogP contribution in [0.5, 0.6) is 0 Å². The zero-order chi connectivity index (χ0) is 24.9. The summed E-state index contributed by atoms with van der Waals surface area (Å²) < 4.78 is 18.1. The van der Waals surface area contributed by atoms with Gasteiger partial charge in [0, 0.05) is 24.5 Å². The molecular weight excluding hydrogens is 443 g/mol. The Morgan fingerprint density at radius 1 is 1.11 bits per heavy atom. The number of benzene rings is 2. The lowest BCUT2D eigenvalue weighted by Crippen LogP contribution is -2.24. The van der Waals surface area contributed by atoms with Gasteiger partial charge in [-0.1, -0.05) is 26.8 Å². The minimum atomic E-state index is -0.393. The van der Waals surface area contributed by atoms with E-state index in [1.807, 2.05) is 40.7 Å². The van der Waals surface area contributed by atoms with Gasteiger partial charge in [-0.3, -0.25) is 4.79 Å². The first-order valence-corrected chi connectivity index (χ1v) is 12.0. The van der Waals surface area contributed by atoms with Crippen molar-refractivity contribution >= 4 is 22.7 Å². The molecule has 0 saturated heterocycles. The van der Waals surface area contributed by atoms with E-state index in [0.717, 1.165) is 25.2 Å². The number of nitrogens with zero attached hydrogens (tertiary/aromatic N) is 4. The van der Waals surface area contributed by atoms with Crippen LogP contribution >= 0.6 is 0 Å². The fourth-order valence-electron chi connectivity index (χ4n) is 4.68. The molecule has 0 fully saturated rings. The molecule has 2 N–H and O–H groups in total. The number of hydrogen-bond donors (Lipinski definition) is 2. The first-order valence-electron chi connectivity index (χ1n) is 12.0. The second kappa shape index (κ2) is 8.61. The number of fused-ring (bicyclic) bond motifs is 2. The van der Waals surface area contributed by atoms with Gasteiger partial charge in [-0.25, -0.2) is 18.7 Å². The van der Waals surface area contributed by atoms with Gasteiger partial charge in [0.15, 0.2) is 5.65 Å². The molecule has 0 spiro atoms. The standard InChI is InChI=1S/C27H31FN6O/c1-16(2)33-25(35)21-15-30-26(31-19-7-6-18-14-29-11-10-17(18)12-19)32-24(21)34(33)20-8-9-23(28)22(13-20)27(3,4)5/h6-9,12-13,15-16,29H,10-11,14H2,1-5H3,(H,30,31,32). The van der Waals surface area contributed by atoms with E-state index in [0.29, 0.717) is 28.2 Å². The van der Waals surface area contributed by atoms with Crippen molar-refractivity contribution in [2.75, 3.05) is 11.9 Å². The third-order valence-electron chi connectivity index (χ3n) is 6.46. The van der Waals surface area contributed by atoms with E-state index in [2.05, 4.69) is 27.8 Å². The number of anilines is 2. The van der Waals surface area contributed by atoms with Gasteiger partial charge in [-0.15, -0.1) is 0 Å². The normalized spacial score (nSPS) is 13.9. The Labute approximate surface area is 204 Å². The molecule has 0 bridgehead atoms. The predicted molar refractivity (Wildman–Crippen MR) is 137 cm³/mol. The summed E-state index contributed by atoms with van der Waals surface area (Å²) in [6.07, 6.45) is 2.54. The highest BCUT2D eigenvalue weighted by atomic mass is 19.1. The van der Waals surface area contributed by atoms with Crippen LogP contribution in [0.1, 0.15) is 57.4 Å². The van der Waals surface area contributed by atoms with E-state index in [1.165, 1.54) is 17.2 Å². The Bertz CT molecular complexity index is 1480.